The molecule has 1 aliphatic heterocycles. The molecule has 0 aliphatic carbocycles. The molecular formula is C14H20N2O4S. The topological polar surface area (TPSA) is 81.9 Å². The molecule has 0 aromatic heterocycles. The van der Waals surface area contributed by atoms with Gasteiger partial charge in [0.1, 0.15) is 10.6 Å². The summed E-state index contributed by atoms with van der Waals surface area (Å²) in [5.74, 6) is 0.535. The van der Waals surface area contributed by atoms with Crippen molar-refractivity contribution in [1.29, 1.82) is 0 Å². The van der Waals surface area contributed by atoms with Crippen molar-refractivity contribution in [2.24, 2.45) is 0 Å². The lowest BCUT2D eigenvalue weighted by Gasteiger charge is -2.26. The molecule has 1 aliphatic rings. The Balaban J connectivity index is 2.23. The second kappa shape index (κ2) is 6.46. The van der Waals surface area contributed by atoms with Crippen LogP contribution in [0.2, 0.25) is 0 Å². The minimum absolute atomic E-state index is 0.117. The first kappa shape index (κ1) is 15.8. The maximum Gasteiger partial charge on any atom is 0.245 e. The molecule has 7 heteroatoms. The molecular weight excluding hydrogens is 292 g/mol. The van der Waals surface area contributed by atoms with E-state index in [4.69, 9.17) is 15.2 Å². The quantitative estimate of drug-likeness (QED) is 0.653. The molecule has 0 saturated carbocycles. The van der Waals surface area contributed by atoms with Crippen molar-refractivity contribution < 1.29 is 17.9 Å². The van der Waals surface area contributed by atoms with Gasteiger partial charge in [-0.15, -0.1) is 0 Å². The van der Waals surface area contributed by atoms with E-state index in [1.165, 1.54) is 23.5 Å². The fourth-order valence-electron chi connectivity index (χ4n) is 2.25. The number of rotatable bonds is 5. The van der Waals surface area contributed by atoms with Gasteiger partial charge >= 0.3 is 0 Å². The second-order valence-electron chi connectivity index (χ2n) is 4.81. The fraction of sp³-hybridized carbons (Fsp3) is 0.429. The first-order valence-corrected chi connectivity index (χ1v) is 8.03. The highest BCUT2D eigenvalue weighted by atomic mass is 32.2. The SMILES string of the molecule is COCC1=CCN(S(=O)(=O)c2ccc(OC)cc2N)CC1. The van der Waals surface area contributed by atoms with Crippen LogP contribution >= 0.6 is 0 Å². The summed E-state index contributed by atoms with van der Waals surface area (Å²) in [6.45, 7) is 1.31. The molecule has 2 rings (SSSR count). The van der Waals surface area contributed by atoms with Gasteiger partial charge in [0.15, 0.2) is 0 Å². The molecule has 21 heavy (non-hydrogen) atoms. The summed E-state index contributed by atoms with van der Waals surface area (Å²) in [5.41, 5.74) is 7.16. The molecule has 2 N–H and O–H groups in total. The Hall–Kier alpha value is -1.57. The highest BCUT2D eigenvalue weighted by Gasteiger charge is 2.27. The Morgan fingerprint density at radius 2 is 2.10 bits per heavy atom. The average molecular weight is 312 g/mol. The van der Waals surface area contributed by atoms with Crippen molar-refractivity contribution in [3.8, 4) is 5.75 Å². The van der Waals surface area contributed by atoms with Crippen molar-refractivity contribution in [2.45, 2.75) is 11.3 Å². The molecule has 0 saturated heterocycles. The van der Waals surface area contributed by atoms with Gasteiger partial charge in [0.05, 0.1) is 19.4 Å². The molecule has 116 valence electrons. The molecule has 0 unspecified atom stereocenters. The first-order chi connectivity index (χ1) is 9.98. The maximum absolute atomic E-state index is 12.6. The van der Waals surface area contributed by atoms with Crippen LogP contribution in [-0.2, 0) is 14.8 Å². The Morgan fingerprint density at radius 3 is 2.62 bits per heavy atom. The van der Waals surface area contributed by atoms with Gasteiger partial charge in [-0.25, -0.2) is 8.42 Å². The summed E-state index contributed by atoms with van der Waals surface area (Å²) in [7, 11) is -0.452. The van der Waals surface area contributed by atoms with E-state index in [2.05, 4.69) is 0 Å². The van der Waals surface area contributed by atoms with E-state index in [0.717, 1.165) is 5.57 Å². The molecule has 1 aromatic carbocycles. The number of methoxy groups -OCH3 is 2. The number of hydrogen-bond donors (Lipinski definition) is 1. The predicted octanol–water partition coefficient (Wildman–Crippen LogP) is 1.24. The predicted molar refractivity (Wildman–Crippen MR) is 80.7 cm³/mol. The molecule has 0 spiro atoms. The number of nitrogens with two attached hydrogens (primary N) is 1. The summed E-state index contributed by atoms with van der Waals surface area (Å²) in [6.07, 6.45) is 2.56. The van der Waals surface area contributed by atoms with E-state index >= 15 is 0 Å². The Kier molecular flexibility index (Phi) is 4.87. The van der Waals surface area contributed by atoms with Crippen molar-refractivity contribution in [3.05, 3.63) is 29.8 Å². The van der Waals surface area contributed by atoms with Gasteiger partial charge in [-0.3, -0.25) is 0 Å². The highest BCUT2D eigenvalue weighted by Crippen LogP contribution is 2.28. The molecule has 0 radical (unpaired) electrons. The number of benzene rings is 1. The van der Waals surface area contributed by atoms with Crippen molar-refractivity contribution in [3.63, 3.8) is 0 Å². The Morgan fingerprint density at radius 1 is 1.33 bits per heavy atom. The summed E-state index contributed by atoms with van der Waals surface area (Å²) < 4.78 is 36.8. The number of nitrogen functional groups attached to an aromatic ring is 1. The van der Waals surface area contributed by atoms with E-state index in [1.807, 2.05) is 6.08 Å². The minimum atomic E-state index is -3.59. The van der Waals surface area contributed by atoms with Crippen LogP contribution in [0.3, 0.4) is 0 Å². The Labute approximate surface area is 125 Å². The Bertz CT molecular complexity index is 640. The van der Waals surface area contributed by atoms with Crippen LogP contribution in [0, 0.1) is 0 Å². The fourth-order valence-corrected chi connectivity index (χ4v) is 3.73. The lowest BCUT2D eigenvalue weighted by molar-refractivity contribution is 0.219. The van der Waals surface area contributed by atoms with Gasteiger partial charge in [-0.05, 0) is 24.1 Å². The summed E-state index contributed by atoms with van der Waals surface area (Å²) >= 11 is 0. The molecule has 0 atom stereocenters. The molecule has 0 fully saturated rings. The van der Waals surface area contributed by atoms with Crippen LogP contribution in [0.25, 0.3) is 0 Å². The summed E-state index contributed by atoms with van der Waals surface area (Å²) in [4.78, 5) is 0.117. The zero-order valence-corrected chi connectivity index (χ0v) is 13.0. The van der Waals surface area contributed by atoms with Crippen LogP contribution in [0.15, 0.2) is 34.7 Å². The van der Waals surface area contributed by atoms with Gasteiger partial charge in [-0.1, -0.05) is 6.08 Å². The number of anilines is 1. The standard InChI is InChI=1S/C14H20N2O4S/c1-19-10-11-5-7-16(8-6-11)21(17,18)14-4-3-12(20-2)9-13(14)15/h3-5,9H,6-8,10,15H2,1-2H3. The van der Waals surface area contributed by atoms with Crippen LogP contribution in [0.5, 0.6) is 5.75 Å². The van der Waals surface area contributed by atoms with Crippen molar-refractivity contribution in [1.82, 2.24) is 4.31 Å². The first-order valence-electron chi connectivity index (χ1n) is 6.59. The largest absolute Gasteiger partial charge is 0.497 e. The number of ether oxygens (including phenoxy) is 2. The van der Waals surface area contributed by atoms with E-state index in [9.17, 15) is 8.42 Å². The van der Waals surface area contributed by atoms with Crippen LogP contribution in [0.1, 0.15) is 6.42 Å². The third-order valence-electron chi connectivity index (χ3n) is 3.43. The zero-order chi connectivity index (χ0) is 15.5. The van der Waals surface area contributed by atoms with Gasteiger partial charge in [0.2, 0.25) is 10.0 Å². The molecule has 6 nitrogen and oxygen atoms in total. The lowest BCUT2D eigenvalue weighted by Crippen LogP contribution is -2.35. The van der Waals surface area contributed by atoms with E-state index < -0.39 is 10.0 Å². The van der Waals surface area contributed by atoms with E-state index in [0.29, 0.717) is 31.9 Å². The zero-order valence-electron chi connectivity index (χ0n) is 12.2. The number of sulfonamides is 1. The van der Waals surface area contributed by atoms with Gasteiger partial charge in [0, 0.05) is 26.3 Å². The highest BCUT2D eigenvalue weighted by molar-refractivity contribution is 7.89. The van der Waals surface area contributed by atoms with E-state index in [1.54, 1.807) is 13.2 Å². The minimum Gasteiger partial charge on any atom is -0.497 e. The molecule has 1 heterocycles. The van der Waals surface area contributed by atoms with Gasteiger partial charge in [-0.2, -0.15) is 4.31 Å². The van der Waals surface area contributed by atoms with Crippen LogP contribution < -0.4 is 10.5 Å². The second-order valence-corrected chi connectivity index (χ2v) is 6.72. The monoisotopic (exact) mass is 312 g/mol. The normalized spacial score (nSPS) is 16.6. The number of hydrogen-bond acceptors (Lipinski definition) is 5. The van der Waals surface area contributed by atoms with Gasteiger partial charge in [0.25, 0.3) is 0 Å². The van der Waals surface area contributed by atoms with Crippen LogP contribution in [-0.4, -0.2) is 46.6 Å². The third-order valence-corrected chi connectivity index (χ3v) is 5.37. The average Bonchev–Trinajstić information content (AvgIpc) is 2.47. The molecule has 0 amide bonds. The number of nitrogens with zero attached hydrogens (tertiary/aromatic N) is 1. The molecule has 0 bridgehead atoms. The smallest absolute Gasteiger partial charge is 0.245 e. The maximum atomic E-state index is 12.6. The van der Waals surface area contributed by atoms with Crippen LogP contribution in [0.4, 0.5) is 5.69 Å². The lowest BCUT2D eigenvalue weighted by atomic mass is 10.1. The van der Waals surface area contributed by atoms with Gasteiger partial charge < -0.3 is 15.2 Å². The van der Waals surface area contributed by atoms with Crippen molar-refractivity contribution in [2.75, 3.05) is 39.6 Å². The molecule has 1 aromatic rings. The van der Waals surface area contributed by atoms with E-state index in [-0.39, 0.29) is 10.6 Å². The van der Waals surface area contributed by atoms with Crippen molar-refractivity contribution >= 4 is 15.7 Å². The summed E-state index contributed by atoms with van der Waals surface area (Å²) in [6, 6.07) is 4.60. The summed E-state index contributed by atoms with van der Waals surface area (Å²) in [5, 5.41) is 0. The third kappa shape index (κ3) is 3.37.